The summed E-state index contributed by atoms with van der Waals surface area (Å²) in [7, 11) is 0. The van der Waals surface area contributed by atoms with Gasteiger partial charge in [0.2, 0.25) is 5.95 Å². The van der Waals surface area contributed by atoms with E-state index in [1.165, 1.54) is 11.1 Å². The van der Waals surface area contributed by atoms with Crippen LogP contribution in [0.25, 0.3) is 11.0 Å². The third-order valence-corrected chi connectivity index (χ3v) is 6.23. The van der Waals surface area contributed by atoms with Crippen LogP contribution in [0.15, 0.2) is 52.3 Å². The van der Waals surface area contributed by atoms with E-state index >= 15 is 0 Å². The Morgan fingerprint density at radius 2 is 2.10 bits per heavy atom. The molecule has 0 atom stereocenters. The van der Waals surface area contributed by atoms with E-state index in [9.17, 15) is 10.1 Å². The first-order valence-electron chi connectivity index (χ1n) is 10.9. The predicted octanol–water partition coefficient (Wildman–Crippen LogP) is 2.48. The smallest absolute Gasteiger partial charge is 0.270 e. The molecule has 0 saturated heterocycles. The standard InChI is InChI=1S/C23H25N7O/c24-12-17-11-18-14-27-23(29-21(18)30(22(17)31)19-3-1-2-4-19)28-20-6-5-16(13-26-20)15-7-9-25-10-8-15/h5-7,11,14,19,25-26H,1-4,8-10,13H2,(H,27,28,29). The number of dihydropyridines is 1. The Kier molecular flexibility index (Phi) is 5.26. The second kappa shape index (κ2) is 8.36. The lowest BCUT2D eigenvalue weighted by molar-refractivity contribution is 0.515. The van der Waals surface area contributed by atoms with Crippen LogP contribution in [0.2, 0.25) is 0 Å². The van der Waals surface area contributed by atoms with Gasteiger partial charge in [-0.25, -0.2) is 4.98 Å². The average molecular weight is 416 g/mol. The Bertz CT molecular complexity index is 1210. The van der Waals surface area contributed by atoms with Crippen LogP contribution in [-0.4, -0.2) is 34.2 Å². The molecule has 0 radical (unpaired) electrons. The summed E-state index contributed by atoms with van der Waals surface area (Å²) in [4.78, 5) is 22.0. The number of nitrogens with one attached hydrogen (secondary N) is 3. The Labute approximate surface area is 180 Å². The first kappa shape index (κ1) is 19.5. The molecule has 0 aromatic carbocycles. The zero-order valence-corrected chi connectivity index (χ0v) is 17.3. The second-order valence-corrected chi connectivity index (χ2v) is 8.19. The molecular formula is C23H25N7O. The quantitative estimate of drug-likeness (QED) is 0.704. The van der Waals surface area contributed by atoms with E-state index < -0.39 is 0 Å². The number of anilines is 1. The van der Waals surface area contributed by atoms with Crippen LogP contribution < -0.4 is 21.5 Å². The van der Waals surface area contributed by atoms with Crippen molar-refractivity contribution in [3.8, 4) is 6.07 Å². The number of nitriles is 1. The Morgan fingerprint density at radius 3 is 2.81 bits per heavy atom. The van der Waals surface area contributed by atoms with Crippen LogP contribution in [0, 0.1) is 11.3 Å². The molecule has 2 aliphatic heterocycles. The van der Waals surface area contributed by atoms with Gasteiger partial charge in [0.05, 0.1) is 0 Å². The van der Waals surface area contributed by atoms with Crippen molar-refractivity contribution in [2.75, 3.05) is 25.0 Å². The highest BCUT2D eigenvalue weighted by atomic mass is 16.1. The highest BCUT2D eigenvalue weighted by molar-refractivity contribution is 5.77. The number of allylic oxidation sites excluding steroid dienone is 2. The van der Waals surface area contributed by atoms with Crippen LogP contribution >= 0.6 is 0 Å². The van der Waals surface area contributed by atoms with Gasteiger partial charge in [0.15, 0.2) is 0 Å². The normalized spacial score (nSPS) is 19.3. The number of nitrogens with zero attached hydrogens (tertiary/aromatic N) is 4. The zero-order chi connectivity index (χ0) is 21.2. The van der Waals surface area contributed by atoms with Crippen LogP contribution in [0.3, 0.4) is 0 Å². The number of pyridine rings is 1. The summed E-state index contributed by atoms with van der Waals surface area (Å²) in [6, 6.07) is 3.70. The van der Waals surface area contributed by atoms with Crippen molar-refractivity contribution in [1.82, 2.24) is 25.2 Å². The lowest BCUT2D eigenvalue weighted by atomic mass is 9.98. The van der Waals surface area contributed by atoms with E-state index in [0.717, 1.165) is 57.6 Å². The maximum absolute atomic E-state index is 12.9. The molecule has 4 heterocycles. The maximum Gasteiger partial charge on any atom is 0.270 e. The summed E-state index contributed by atoms with van der Waals surface area (Å²) in [5, 5.41) is 20.1. The molecule has 5 rings (SSSR count). The number of hydrogen-bond donors (Lipinski definition) is 3. The predicted molar refractivity (Wildman–Crippen MR) is 119 cm³/mol. The molecule has 8 nitrogen and oxygen atoms in total. The Hall–Kier alpha value is -3.44. The first-order chi connectivity index (χ1) is 15.2. The fourth-order valence-electron chi connectivity index (χ4n) is 4.59. The first-order valence-corrected chi connectivity index (χ1v) is 10.9. The lowest BCUT2D eigenvalue weighted by Gasteiger charge is -2.22. The third kappa shape index (κ3) is 3.84. The Morgan fingerprint density at radius 1 is 1.23 bits per heavy atom. The van der Waals surface area contributed by atoms with Gasteiger partial charge in [0, 0.05) is 30.7 Å². The number of aromatic nitrogens is 3. The fourth-order valence-corrected chi connectivity index (χ4v) is 4.59. The minimum Gasteiger partial charge on any atom is -0.367 e. The monoisotopic (exact) mass is 415 g/mol. The molecule has 2 aromatic heterocycles. The van der Waals surface area contributed by atoms with E-state index in [4.69, 9.17) is 0 Å². The van der Waals surface area contributed by atoms with E-state index in [1.54, 1.807) is 16.8 Å². The van der Waals surface area contributed by atoms with Crippen molar-refractivity contribution in [2.24, 2.45) is 0 Å². The highest BCUT2D eigenvalue weighted by Gasteiger charge is 2.23. The molecule has 3 aliphatic rings. The van der Waals surface area contributed by atoms with Crippen LogP contribution in [0.4, 0.5) is 5.95 Å². The summed E-state index contributed by atoms with van der Waals surface area (Å²) < 4.78 is 1.71. The molecule has 1 saturated carbocycles. The molecule has 2 aromatic rings. The lowest BCUT2D eigenvalue weighted by Crippen LogP contribution is -2.29. The van der Waals surface area contributed by atoms with Crippen molar-refractivity contribution in [2.45, 2.75) is 38.1 Å². The molecule has 158 valence electrons. The van der Waals surface area contributed by atoms with E-state index in [1.807, 2.05) is 12.1 Å². The van der Waals surface area contributed by atoms with Crippen LogP contribution in [0.5, 0.6) is 0 Å². The summed E-state index contributed by atoms with van der Waals surface area (Å²) in [6.45, 7) is 2.68. The summed E-state index contributed by atoms with van der Waals surface area (Å²) in [5.41, 5.74) is 3.15. The maximum atomic E-state index is 12.9. The van der Waals surface area contributed by atoms with Gasteiger partial charge in [-0.3, -0.25) is 9.36 Å². The van der Waals surface area contributed by atoms with E-state index in [0.29, 0.717) is 17.0 Å². The van der Waals surface area contributed by atoms with Gasteiger partial charge in [-0.1, -0.05) is 25.0 Å². The van der Waals surface area contributed by atoms with E-state index in [-0.39, 0.29) is 17.2 Å². The molecule has 3 N–H and O–H groups in total. The molecular weight excluding hydrogens is 390 g/mol. The van der Waals surface area contributed by atoms with Crippen LogP contribution in [-0.2, 0) is 0 Å². The fraction of sp³-hybridized carbons (Fsp3) is 0.391. The van der Waals surface area contributed by atoms with Crippen molar-refractivity contribution >= 4 is 17.0 Å². The van der Waals surface area contributed by atoms with Crippen molar-refractivity contribution in [3.63, 3.8) is 0 Å². The van der Waals surface area contributed by atoms with Gasteiger partial charge in [0.1, 0.15) is 23.1 Å². The van der Waals surface area contributed by atoms with Crippen LogP contribution in [0.1, 0.15) is 43.7 Å². The topological polar surface area (TPSA) is 108 Å². The van der Waals surface area contributed by atoms with Crippen molar-refractivity contribution in [3.05, 3.63) is 63.4 Å². The summed E-state index contributed by atoms with van der Waals surface area (Å²) in [5.74, 6) is 1.25. The van der Waals surface area contributed by atoms with Gasteiger partial charge in [-0.2, -0.15) is 10.2 Å². The molecule has 0 unspecified atom stereocenters. The molecule has 0 amide bonds. The highest BCUT2D eigenvalue weighted by Crippen LogP contribution is 2.30. The number of hydrogen-bond acceptors (Lipinski definition) is 7. The molecule has 1 aliphatic carbocycles. The zero-order valence-electron chi connectivity index (χ0n) is 17.3. The van der Waals surface area contributed by atoms with E-state index in [2.05, 4.69) is 38.1 Å². The summed E-state index contributed by atoms with van der Waals surface area (Å²) in [6.07, 6.45) is 13.1. The van der Waals surface area contributed by atoms with Gasteiger partial charge in [0.25, 0.3) is 5.56 Å². The van der Waals surface area contributed by atoms with Gasteiger partial charge in [-0.05, 0) is 49.1 Å². The third-order valence-electron chi connectivity index (χ3n) is 6.23. The average Bonchev–Trinajstić information content (AvgIpc) is 3.34. The molecule has 0 bridgehead atoms. The largest absolute Gasteiger partial charge is 0.367 e. The van der Waals surface area contributed by atoms with Gasteiger partial charge < -0.3 is 16.0 Å². The van der Waals surface area contributed by atoms with Gasteiger partial charge >= 0.3 is 0 Å². The molecule has 0 spiro atoms. The second-order valence-electron chi connectivity index (χ2n) is 8.19. The van der Waals surface area contributed by atoms with Crippen molar-refractivity contribution in [1.29, 1.82) is 5.26 Å². The SMILES string of the molecule is N#Cc1cc2cnc(NC3=CC=C(C4=CCNCC4)CN3)nc2n(C2CCCC2)c1=O. The minimum atomic E-state index is -0.260. The number of rotatable bonds is 4. The van der Waals surface area contributed by atoms with Crippen molar-refractivity contribution < 1.29 is 0 Å². The Balaban J connectivity index is 1.46. The minimum absolute atomic E-state index is 0.0850. The molecule has 31 heavy (non-hydrogen) atoms. The van der Waals surface area contributed by atoms with Gasteiger partial charge in [-0.15, -0.1) is 0 Å². The molecule has 1 fully saturated rings. The molecule has 8 heteroatoms. The number of fused-ring (bicyclic) bond motifs is 1. The summed E-state index contributed by atoms with van der Waals surface area (Å²) >= 11 is 0.